The van der Waals surface area contributed by atoms with Crippen LogP contribution in [0.2, 0.25) is 0 Å². The number of hydrogen-bond donors (Lipinski definition) is 1. The van der Waals surface area contributed by atoms with Crippen LogP contribution in [0.15, 0.2) is 60.9 Å². The van der Waals surface area contributed by atoms with Gasteiger partial charge in [0.25, 0.3) is 0 Å². The van der Waals surface area contributed by atoms with Crippen LogP contribution in [0.1, 0.15) is 21.6 Å². The summed E-state index contributed by atoms with van der Waals surface area (Å²) in [6.07, 6.45) is 3.59. The number of nitrogens with one attached hydrogen (secondary N) is 1. The highest BCUT2D eigenvalue weighted by Crippen LogP contribution is 2.21. The van der Waals surface area contributed by atoms with E-state index in [1.54, 1.807) is 18.3 Å². The van der Waals surface area contributed by atoms with Gasteiger partial charge in [-0.05, 0) is 42.5 Å². The van der Waals surface area contributed by atoms with Crippen LogP contribution in [0, 0.1) is 17.1 Å². The lowest BCUT2D eigenvalue weighted by molar-refractivity contribution is 0.0465. The largest absolute Gasteiger partial charge is 0.456 e. The molecule has 0 fully saturated rings. The monoisotopic (exact) mass is 360 g/mol. The van der Waals surface area contributed by atoms with Crippen LogP contribution in [-0.4, -0.2) is 20.6 Å². The van der Waals surface area contributed by atoms with E-state index in [0.717, 1.165) is 5.52 Å². The number of carbonyl (C=O) groups is 1. The van der Waals surface area contributed by atoms with Gasteiger partial charge >= 0.3 is 5.97 Å². The summed E-state index contributed by atoms with van der Waals surface area (Å²) in [7, 11) is 0. The average Bonchev–Trinajstić information content (AvgIpc) is 3.31. The summed E-state index contributed by atoms with van der Waals surface area (Å²) in [5.74, 6) is -0.933. The fourth-order valence-corrected chi connectivity index (χ4v) is 2.83. The molecular formula is C20H13FN4O2. The Morgan fingerprint density at radius 2 is 2.07 bits per heavy atom. The minimum absolute atomic E-state index is 0.0334. The molecule has 0 aliphatic rings. The Kier molecular flexibility index (Phi) is 4.15. The summed E-state index contributed by atoms with van der Waals surface area (Å²) >= 11 is 0. The summed E-state index contributed by atoms with van der Waals surface area (Å²) in [4.78, 5) is 12.3. The van der Waals surface area contributed by atoms with Gasteiger partial charge in [0, 0.05) is 23.5 Å². The quantitative estimate of drug-likeness (QED) is 0.563. The number of carbonyl (C=O) groups excluding carboxylic acids is 1. The van der Waals surface area contributed by atoms with Crippen molar-refractivity contribution in [1.29, 1.82) is 5.26 Å². The number of benzene rings is 1. The van der Waals surface area contributed by atoms with Crippen molar-refractivity contribution in [3.05, 3.63) is 83.6 Å². The number of nitrogens with zero attached hydrogens (tertiary/aromatic N) is 3. The number of ether oxygens (including phenoxy) is 1. The third-order valence-corrected chi connectivity index (χ3v) is 4.17. The number of fused-ring (bicyclic) bond motifs is 1. The van der Waals surface area contributed by atoms with E-state index in [1.807, 2.05) is 28.8 Å². The zero-order valence-electron chi connectivity index (χ0n) is 14.0. The Bertz CT molecular complexity index is 1170. The van der Waals surface area contributed by atoms with Gasteiger partial charge in [0.2, 0.25) is 0 Å². The molecule has 0 aliphatic carbocycles. The number of hydrogen-bond acceptors (Lipinski definition) is 4. The maximum absolute atomic E-state index is 13.0. The molecular weight excluding hydrogens is 347 g/mol. The number of halogens is 1. The van der Waals surface area contributed by atoms with Gasteiger partial charge in [-0.3, -0.25) is 5.10 Å². The van der Waals surface area contributed by atoms with Gasteiger partial charge in [0.15, 0.2) is 0 Å². The van der Waals surface area contributed by atoms with Crippen LogP contribution >= 0.6 is 0 Å². The average molecular weight is 360 g/mol. The molecule has 0 aliphatic heterocycles. The first-order valence-corrected chi connectivity index (χ1v) is 8.13. The van der Waals surface area contributed by atoms with Crippen molar-refractivity contribution in [2.75, 3.05) is 0 Å². The fourth-order valence-electron chi connectivity index (χ4n) is 2.83. The summed E-state index contributed by atoms with van der Waals surface area (Å²) < 4.78 is 20.1. The van der Waals surface area contributed by atoms with E-state index in [2.05, 4.69) is 16.3 Å². The molecule has 0 atom stereocenters. The fraction of sp³-hybridized carbons (Fsp3) is 0.0500. The number of esters is 1. The molecule has 0 unspecified atom stereocenters. The summed E-state index contributed by atoms with van der Waals surface area (Å²) in [6, 6.07) is 15.0. The van der Waals surface area contributed by atoms with E-state index in [4.69, 9.17) is 4.74 Å². The minimum Gasteiger partial charge on any atom is -0.456 e. The molecule has 1 aromatic carbocycles. The highest BCUT2D eigenvalue weighted by Gasteiger charge is 2.15. The molecule has 3 heterocycles. The normalized spacial score (nSPS) is 10.7. The molecule has 7 heteroatoms. The molecule has 3 aromatic heterocycles. The predicted molar refractivity (Wildman–Crippen MR) is 95.2 cm³/mol. The molecule has 4 aromatic rings. The first kappa shape index (κ1) is 16.5. The smallest absolute Gasteiger partial charge is 0.356 e. The molecule has 0 bridgehead atoms. The highest BCUT2D eigenvalue weighted by molar-refractivity contribution is 5.88. The molecule has 0 saturated heterocycles. The van der Waals surface area contributed by atoms with Crippen LogP contribution in [0.3, 0.4) is 0 Å². The number of nitriles is 1. The topological polar surface area (TPSA) is 83.2 Å². The molecule has 0 amide bonds. The Hall–Kier alpha value is -3.92. The molecule has 4 rings (SSSR count). The lowest BCUT2D eigenvalue weighted by atomic mass is 10.1. The van der Waals surface area contributed by atoms with Crippen molar-refractivity contribution in [2.45, 2.75) is 6.61 Å². The SMILES string of the molecule is N#Cc1c(COC(=O)c2cc(-c3ccc(F)cc3)n[nH]2)cn2ccccc12. The second-order valence-electron chi connectivity index (χ2n) is 5.88. The van der Waals surface area contributed by atoms with Crippen LogP contribution < -0.4 is 0 Å². The molecule has 0 radical (unpaired) electrons. The van der Waals surface area contributed by atoms with Gasteiger partial charge < -0.3 is 9.14 Å². The standard InChI is InChI=1S/C20H13FN4O2/c21-15-6-4-13(5-7-15)17-9-18(24-23-17)20(26)27-12-14-11-25-8-2-1-3-19(25)16(14)10-22/h1-9,11H,12H2,(H,23,24). The van der Waals surface area contributed by atoms with Gasteiger partial charge in [-0.25, -0.2) is 9.18 Å². The van der Waals surface area contributed by atoms with Gasteiger partial charge in [0.1, 0.15) is 24.2 Å². The van der Waals surface area contributed by atoms with Crippen molar-refractivity contribution < 1.29 is 13.9 Å². The van der Waals surface area contributed by atoms with Gasteiger partial charge in [-0.15, -0.1) is 0 Å². The van der Waals surface area contributed by atoms with Crippen LogP contribution in [-0.2, 0) is 11.3 Å². The molecule has 27 heavy (non-hydrogen) atoms. The van der Waals surface area contributed by atoms with E-state index in [1.165, 1.54) is 18.2 Å². The molecule has 1 N–H and O–H groups in total. The Morgan fingerprint density at radius 1 is 1.26 bits per heavy atom. The summed E-state index contributed by atoms with van der Waals surface area (Å²) in [5, 5.41) is 16.1. The van der Waals surface area contributed by atoms with E-state index < -0.39 is 5.97 Å². The highest BCUT2D eigenvalue weighted by atomic mass is 19.1. The van der Waals surface area contributed by atoms with E-state index in [-0.39, 0.29) is 18.1 Å². The number of pyridine rings is 1. The van der Waals surface area contributed by atoms with Gasteiger partial charge in [0.05, 0.1) is 16.8 Å². The summed E-state index contributed by atoms with van der Waals surface area (Å²) in [5.41, 5.74) is 3.21. The third kappa shape index (κ3) is 3.16. The van der Waals surface area contributed by atoms with Crippen molar-refractivity contribution in [2.24, 2.45) is 0 Å². The first-order valence-electron chi connectivity index (χ1n) is 8.13. The van der Waals surface area contributed by atoms with Crippen molar-refractivity contribution >= 4 is 11.5 Å². The Morgan fingerprint density at radius 3 is 2.85 bits per heavy atom. The van der Waals surface area contributed by atoms with E-state index in [9.17, 15) is 14.4 Å². The lowest BCUT2D eigenvalue weighted by Crippen LogP contribution is -2.06. The van der Waals surface area contributed by atoms with Gasteiger partial charge in [-0.1, -0.05) is 6.07 Å². The number of H-pyrrole nitrogens is 1. The van der Waals surface area contributed by atoms with E-state index >= 15 is 0 Å². The van der Waals surface area contributed by atoms with E-state index in [0.29, 0.717) is 22.4 Å². The molecule has 0 spiro atoms. The maximum Gasteiger partial charge on any atom is 0.356 e. The second-order valence-corrected chi connectivity index (χ2v) is 5.88. The first-order chi connectivity index (χ1) is 13.2. The maximum atomic E-state index is 13.0. The van der Waals surface area contributed by atoms with Crippen LogP contribution in [0.5, 0.6) is 0 Å². The van der Waals surface area contributed by atoms with Crippen molar-refractivity contribution in [1.82, 2.24) is 14.6 Å². The molecule has 132 valence electrons. The van der Waals surface area contributed by atoms with Crippen LogP contribution in [0.4, 0.5) is 4.39 Å². The number of aromatic nitrogens is 3. The predicted octanol–water partition coefficient (Wildman–Crippen LogP) is 3.70. The minimum atomic E-state index is -0.588. The van der Waals surface area contributed by atoms with Crippen molar-refractivity contribution in [3.63, 3.8) is 0 Å². The third-order valence-electron chi connectivity index (χ3n) is 4.17. The Balaban J connectivity index is 1.51. The zero-order chi connectivity index (χ0) is 18.8. The molecule has 0 saturated carbocycles. The number of rotatable bonds is 4. The molecule has 6 nitrogen and oxygen atoms in total. The van der Waals surface area contributed by atoms with Gasteiger partial charge in [-0.2, -0.15) is 10.4 Å². The van der Waals surface area contributed by atoms with Crippen LogP contribution in [0.25, 0.3) is 16.8 Å². The summed E-state index contributed by atoms with van der Waals surface area (Å²) in [6.45, 7) is -0.0334. The van der Waals surface area contributed by atoms with Crippen molar-refractivity contribution in [3.8, 4) is 17.3 Å². The second kappa shape index (κ2) is 6.77. The Labute approximate surface area is 153 Å². The zero-order valence-corrected chi connectivity index (χ0v) is 14.0. The lowest BCUT2D eigenvalue weighted by Gasteiger charge is -2.01. The number of aromatic amines is 1.